The van der Waals surface area contributed by atoms with Crippen LogP contribution < -0.4 is 0 Å². The molecular formula is C18H27N3O3Y. The maximum absolute atomic E-state index is 12.4. The molecule has 0 saturated carbocycles. The smallest absolute Gasteiger partial charge is 0.236 e. The number of benzene rings is 1. The average Bonchev–Trinajstić information content (AvgIpc) is 2.63. The van der Waals surface area contributed by atoms with Gasteiger partial charge in [0.2, 0.25) is 5.91 Å². The van der Waals surface area contributed by atoms with Gasteiger partial charge in [-0.25, -0.2) is 0 Å². The van der Waals surface area contributed by atoms with E-state index in [1.807, 2.05) is 17.0 Å². The molecule has 0 aliphatic carbocycles. The zero-order valence-corrected chi connectivity index (χ0v) is 17.6. The predicted molar refractivity (Wildman–Crippen MR) is 91.5 cm³/mol. The Morgan fingerprint density at radius 1 is 1.00 bits per heavy atom. The summed E-state index contributed by atoms with van der Waals surface area (Å²) in [7, 11) is 0. The summed E-state index contributed by atoms with van der Waals surface area (Å²) in [5.74, 6) is 0.235. The SMILES string of the molecule is O=C(CN1CCOCC1)N1CCN(Cc2cccc(CO)c2)CC1.[Y]. The first-order valence-electron chi connectivity index (χ1n) is 8.73. The number of hydrogen-bond acceptors (Lipinski definition) is 5. The number of amides is 1. The van der Waals surface area contributed by atoms with Crippen molar-refractivity contribution in [3.8, 4) is 0 Å². The first-order valence-corrected chi connectivity index (χ1v) is 8.73. The van der Waals surface area contributed by atoms with Crippen molar-refractivity contribution in [2.75, 3.05) is 59.0 Å². The molecule has 2 saturated heterocycles. The molecule has 1 radical (unpaired) electrons. The maximum atomic E-state index is 12.4. The summed E-state index contributed by atoms with van der Waals surface area (Å²) in [6.45, 7) is 8.03. The molecule has 1 aromatic carbocycles. The Kier molecular flexibility index (Phi) is 8.96. The van der Waals surface area contributed by atoms with Crippen LogP contribution in [0.4, 0.5) is 0 Å². The first-order chi connectivity index (χ1) is 11.7. The Bertz CT molecular complexity index is 544. The van der Waals surface area contributed by atoms with Gasteiger partial charge in [0.25, 0.3) is 0 Å². The molecular weight excluding hydrogens is 395 g/mol. The van der Waals surface area contributed by atoms with Gasteiger partial charge in [0.05, 0.1) is 26.4 Å². The van der Waals surface area contributed by atoms with Crippen molar-refractivity contribution in [1.82, 2.24) is 14.7 Å². The van der Waals surface area contributed by atoms with Crippen LogP contribution in [-0.4, -0.2) is 84.7 Å². The Morgan fingerprint density at radius 2 is 1.68 bits per heavy atom. The quantitative estimate of drug-likeness (QED) is 0.733. The maximum Gasteiger partial charge on any atom is 0.236 e. The Hall–Kier alpha value is -0.366. The molecule has 1 amide bonds. The largest absolute Gasteiger partial charge is 0.392 e. The summed E-state index contributed by atoms with van der Waals surface area (Å²) in [5, 5.41) is 9.23. The third kappa shape index (κ3) is 6.38. The van der Waals surface area contributed by atoms with Crippen molar-refractivity contribution in [2.24, 2.45) is 0 Å². The van der Waals surface area contributed by atoms with E-state index >= 15 is 0 Å². The zero-order chi connectivity index (χ0) is 16.8. The third-order valence-electron chi connectivity index (χ3n) is 4.77. The van der Waals surface area contributed by atoms with E-state index in [2.05, 4.69) is 21.9 Å². The molecule has 0 spiro atoms. The van der Waals surface area contributed by atoms with Crippen molar-refractivity contribution >= 4 is 5.91 Å². The van der Waals surface area contributed by atoms with Crippen molar-refractivity contribution in [2.45, 2.75) is 13.2 Å². The van der Waals surface area contributed by atoms with Gasteiger partial charge in [-0.1, -0.05) is 24.3 Å². The number of aliphatic hydroxyl groups excluding tert-OH is 1. The van der Waals surface area contributed by atoms with E-state index in [1.165, 1.54) is 5.56 Å². The van der Waals surface area contributed by atoms with Crippen LogP contribution in [-0.2, 0) is 55.4 Å². The van der Waals surface area contributed by atoms with E-state index in [0.29, 0.717) is 6.54 Å². The van der Waals surface area contributed by atoms with Gasteiger partial charge >= 0.3 is 0 Å². The number of hydrogen-bond donors (Lipinski definition) is 1. The van der Waals surface area contributed by atoms with Gasteiger partial charge in [-0.15, -0.1) is 0 Å². The minimum Gasteiger partial charge on any atom is -0.392 e. The topological polar surface area (TPSA) is 56.2 Å². The van der Waals surface area contributed by atoms with Crippen molar-refractivity contribution < 1.29 is 47.3 Å². The summed E-state index contributed by atoms with van der Waals surface area (Å²) in [4.78, 5) is 18.9. The second-order valence-corrected chi connectivity index (χ2v) is 6.52. The number of piperazine rings is 1. The summed E-state index contributed by atoms with van der Waals surface area (Å²) < 4.78 is 5.32. The zero-order valence-electron chi connectivity index (χ0n) is 14.8. The van der Waals surface area contributed by atoms with E-state index in [9.17, 15) is 9.90 Å². The minimum absolute atomic E-state index is 0. The van der Waals surface area contributed by atoms with Gasteiger partial charge < -0.3 is 14.7 Å². The van der Waals surface area contributed by atoms with Gasteiger partial charge in [-0.3, -0.25) is 14.6 Å². The predicted octanol–water partition coefficient (Wildman–Crippen LogP) is 0.153. The van der Waals surface area contributed by atoms with E-state index in [4.69, 9.17) is 4.74 Å². The molecule has 3 rings (SSSR count). The molecule has 0 atom stereocenters. The van der Waals surface area contributed by atoms with Crippen LogP contribution in [0.3, 0.4) is 0 Å². The summed E-state index contributed by atoms with van der Waals surface area (Å²) in [6.07, 6.45) is 0. The van der Waals surface area contributed by atoms with E-state index in [1.54, 1.807) is 0 Å². The van der Waals surface area contributed by atoms with Gasteiger partial charge in [-0.2, -0.15) is 0 Å². The number of ether oxygens (including phenoxy) is 1. The average molecular weight is 422 g/mol. The Balaban J connectivity index is 0.00000225. The molecule has 7 heteroatoms. The summed E-state index contributed by atoms with van der Waals surface area (Å²) in [5.41, 5.74) is 2.17. The standard InChI is InChI=1S/C18H27N3O3.Y/c22-15-17-3-1-2-16(12-17)13-19-4-6-21(7-5-19)18(23)14-20-8-10-24-11-9-20;/h1-3,12,22H,4-11,13-15H2;. The van der Waals surface area contributed by atoms with E-state index in [0.717, 1.165) is 64.6 Å². The number of carbonyl (C=O) groups excluding carboxylic acids is 1. The molecule has 0 bridgehead atoms. The fraction of sp³-hybridized carbons (Fsp3) is 0.611. The molecule has 2 heterocycles. The fourth-order valence-electron chi connectivity index (χ4n) is 3.29. The summed E-state index contributed by atoms with van der Waals surface area (Å²) in [6, 6.07) is 8.07. The van der Waals surface area contributed by atoms with Gasteiger partial charge in [0, 0.05) is 78.5 Å². The number of morpholine rings is 1. The fourth-order valence-corrected chi connectivity index (χ4v) is 3.29. The van der Waals surface area contributed by atoms with Crippen LogP contribution >= 0.6 is 0 Å². The summed E-state index contributed by atoms with van der Waals surface area (Å²) >= 11 is 0. The van der Waals surface area contributed by atoms with Crippen molar-refractivity contribution in [1.29, 1.82) is 0 Å². The molecule has 135 valence electrons. The number of nitrogens with zero attached hydrogens (tertiary/aromatic N) is 3. The molecule has 25 heavy (non-hydrogen) atoms. The molecule has 1 N–H and O–H groups in total. The first kappa shape index (κ1) is 20.9. The Morgan fingerprint density at radius 3 is 2.36 bits per heavy atom. The molecule has 2 aliphatic rings. The molecule has 0 aromatic heterocycles. The molecule has 1 aromatic rings. The van der Waals surface area contributed by atoms with Gasteiger partial charge in [0.1, 0.15) is 0 Å². The van der Waals surface area contributed by atoms with Crippen LogP contribution in [0.2, 0.25) is 0 Å². The number of aliphatic hydroxyl groups is 1. The van der Waals surface area contributed by atoms with E-state index < -0.39 is 0 Å². The second-order valence-electron chi connectivity index (χ2n) is 6.52. The monoisotopic (exact) mass is 422 g/mol. The van der Waals surface area contributed by atoms with Gasteiger partial charge in [0.15, 0.2) is 0 Å². The normalized spacial score (nSPS) is 19.5. The van der Waals surface area contributed by atoms with Crippen LogP contribution in [0, 0.1) is 0 Å². The van der Waals surface area contributed by atoms with Crippen LogP contribution in [0.15, 0.2) is 24.3 Å². The Labute approximate surface area is 175 Å². The van der Waals surface area contributed by atoms with Crippen LogP contribution in [0.5, 0.6) is 0 Å². The van der Waals surface area contributed by atoms with Crippen molar-refractivity contribution in [3.05, 3.63) is 35.4 Å². The second kappa shape index (κ2) is 10.7. The van der Waals surface area contributed by atoms with E-state index in [-0.39, 0.29) is 45.2 Å². The molecule has 6 nitrogen and oxygen atoms in total. The minimum atomic E-state index is 0. The van der Waals surface area contributed by atoms with Crippen LogP contribution in [0.25, 0.3) is 0 Å². The number of carbonyl (C=O) groups is 1. The molecule has 0 unspecified atom stereocenters. The van der Waals surface area contributed by atoms with Crippen LogP contribution in [0.1, 0.15) is 11.1 Å². The third-order valence-corrected chi connectivity index (χ3v) is 4.77. The van der Waals surface area contributed by atoms with Crippen molar-refractivity contribution in [3.63, 3.8) is 0 Å². The number of rotatable bonds is 5. The molecule has 2 aliphatic heterocycles. The molecule has 2 fully saturated rings. The van der Waals surface area contributed by atoms with Gasteiger partial charge in [-0.05, 0) is 11.1 Å².